The first-order valence-electron chi connectivity index (χ1n) is 8.21. The summed E-state index contributed by atoms with van der Waals surface area (Å²) in [6.45, 7) is 7.37. The number of carbonyl (C=O) groups is 1. The molecule has 1 unspecified atom stereocenters. The molecule has 2 aliphatic heterocycles. The minimum absolute atomic E-state index is 0.0498. The molecule has 0 bridgehead atoms. The van der Waals surface area contributed by atoms with Crippen LogP contribution in [0.3, 0.4) is 0 Å². The van der Waals surface area contributed by atoms with E-state index in [1.54, 1.807) is 4.90 Å². The van der Waals surface area contributed by atoms with Gasteiger partial charge in [-0.25, -0.2) is 4.79 Å². The Labute approximate surface area is 137 Å². The lowest BCUT2D eigenvalue weighted by Gasteiger charge is -2.27. The number of amides is 1. The van der Waals surface area contributed by atoms with E-state index in [-0.39, 0.29) is 24.3 Å². The van der Waals surface area contributed by atoms with E-state index in [0.717, 1.165) is 12.0 Å². The largest absolute Gasteiger partial charge is 0.444 e. The number of ether oxygens (including phenoxy) is 3. The summed E-state index contributed by atoms with van der Waals surface area (Å²) < 4.78 is 17.4. The predicted octanol–water partition coefficient (Wildman–Crippen LogP) is 2.98. The summed E-state index contributed by atoms with van der Waals surface area (Å²) in [7, 11) is 0. The first kappa shape index (κ1) is 16.3. The van der Waals surface area contributed by atoms with Crippen molar-refractivity contribution in [2.24, 2.45) is 0 Å². The van der Waals surface area contributed by atoms with Crippen LogP contribution in [-0.2, 0) is 20.8 Å². The van der Waals surface area contributed by atoms with E-state index >= 15 is 0 Å². The Morgan fingerprint density at radius 1 is 1.30 bits per heavy atom. The normalized spacial score (nSPS) is 27.1. The van der Waals surface area contributed by atoms with Gasteiger partial charge in [0.15, 0.2) is 0 Å². The van der Waals surface area contributed by atoms with Gasteiger partial charge in [-0.2, -0.15) is 0 Å². The van der Waals surface area contributed by atoms with Crippen LogP contribution in [0.1, 0.15) is 32.8 Å². The Morgan fingerprint density at radius 2 is 2.04 bits per heavy atom. The SMILES string of the molecule is CC(C)(C)OC(=O)N1C[C@@H](OCc2ccccc2)C2OCC[C@H]21. The number of carbonyl (C=O) groups excluding carboxylic acids is 1. The van der Waals surface area contributed by atoms with E-state index in [9.17, 15) is 4.79 Å². The molecule has 1 aromatic carbocycles. The van der Waals surface area contributed by atoms with Crippen molar-refractivity contribution in [2.75, 3.05) is 13.2 Å². The number of fused-ring (bicyclic) bond motifs is 1. The van der Waals surface area contributed by atoms with Gasteiger partial charge in [0.25, 0.3) is 0 Å². The van der Waals surface area contributed by atoms with Crippen LogP contribution in [0.15, 0.2) is 30.3 Å². The molecule has 126 valence electrons. The van der Waals surface area contributed by atoms with Crippen molar-refractivity contribution in [3.63, 3.8) is 0 Å². The van der Waals surface area contributed by atoms with E-state index in [4.69, 9.17) is 14.2 Å². The number of hydrogen-bond acceptors (Lipinski definition) is 4. The number of benzene rings is 1. The third-order valence-corrected chi connectivity index (χ3v) is 4.18. The van der Waals surface area contributed by atoms with Crippen LogP contribution in [0, 0.1) is 0 Å². The van der Waals surface area contributed by atoms with E-state index < -0.39 is 5.60 Å². The van der Waals surface area contributed by atoms with Crippen LogP contribution < -0.4 is 0 Å². The van der Waals surface area contributed by atoms with Crippen molar-refractivity contribution < 1.29 is 19.0 Å². The Balaban J connectivity index is 1.63. The lowest BCUT2D eigenvalue weighted by molar-refractivity contribution is -0.0376. The minimum Gasteiger partial charge on any atom is -0.444 e. The summed E-state index contributed by atoms with van der Waals surface area (Å²) in [5, 5.41) is 0. The average Bonchev–Trinajstić information content (AvgIpc) is 3.06. The number of hydrogen-bond donors (Lipinski definition) is 0. The zero-order chi connectivity index (χ0) is 16.4. The molecule has 5 heteroatoms. The maximum Gasteiger partial charge on any atom is 0.410 e. The van der Waals surface area contributed by atoms with Gasteiger partial charge in [0, 0.05) is 6.61 Å². The highest BCUT2D eigenvalue weighted by molar-refractivity contribution is 5.69. The summed E-state index contributed by atoms with van der Waals surface area (Å²) in [4.78, 5) is 14.2. The molecule has 2 heterocycles. The third-order valence-electron chi connectivity index (χ3n) is 4.18. The molecule has 23 heavy (non-hydrogen) atoms. The Morgan fingerprint density at radius 3 is 2.74 bits per heavy atom. The highest BCUT2D eigenvalue weighted by Crippen LogP contribution is 2.32. The summed E-state index contributed by atoms with van der Waals surface area (Å²) in [5.41, 5.74) is 0.632. The zero-order valence-electron chi connectivity index (χ0n) is 14.0. The van der Waals surface area contributed by atoms with Crippen LogP contribution >= 0.6 is 0 Å². The number of rotatable bonds is 3. The van der Waals surface area contributed by atoms with Gasteiger partial charge in [-0.1, -0.05) is 30.3 Å². The van der Waals surface area contributed by atoms with Gasteiger partial charge in [0.2, 0.25) is 0 Å². The van der Waals surface area contributed by atoms with Crippen LogP contribution in [0.2, 0.25) is 0 Å². The van der Waals surface area contributed by atoms with E-state index in [0.29, 0.717) is 19.8 Å². The molecular weight excluding hydrogens is 294 g/mol. The van der Waals surface area contributed by atoms with Crippen LogP contribution in [0.5, 0.6) is 0 Å². The summed E-state index contributed by atoms with van der Waals surface area (Å²) in [6.07, 6.45) is 0.417. The van der Waals surface area contributed by atoms with E-state index in [2.05, 4.69) is 0 Å². The molecule has 5 nitrogen and oxygen atoms in total. The van der Waals surface area contributed by atoms with Crippen LogP contribution in [-0.4, -0.2) is 48.0 Å². The first-order valence-corrected chi connectivity index (χ1v) is 8.21. The third kappa shape index (κ3) is 3.85. The van der Waals surface area contributed by atoms with Crippen molar-refractivity contribution in [1.29, 1.82) is 0 Å². The second-order valence-electron chi connectivity index (χ2n) is 7.16. The smallest absolute Gasteiger partial charge is 0.410 e. The molecule has 0 aromatic heterocycles. The maximum absolute atomic E-state index is 12.4. The lowest BCUT2D eigenvalue weighted by atomic mass is 10.1. The van der Waals surface area contributed by atoms with Crippen molar-refractivity contribution in [2.45, 2.75) is 57.6 Å². The Hall–Kier alpha value is -1.59. The molecule has 2 saturated heterocycles. The molecule has 1 aromatic rings. The fourth-order valence-electron chi connectivity index (χ4n) is 3.18. The maximum atomic E-state index is 12.4. The topological polar surface area (TPSA) is 48.0 Å². The van der Waals surface area contributed by atoms with Crippen molar-refractivity contribution >= 4 is 6.09 Å². The average molecular weight is 319 g/mol. The highest BCUT2D eigenvalue weighted by atomic mass is 16.6. The second kappa shape index (κ2) is 6.49. The van der Waals surface area contributed by atoms with Gasteiger partial charge >= 0.3 is 6.09 Å². The molecule has 3 rings (SSSR count). The second-order valence-corrected chi connectivity index (χ2v) is 7.16. The predicted molar refractivity (Wildman–Crippen MR) is 86.1 cm³/mol. The van der Waals surface area contributed by atoms with Crippen molar-refractivity contribution in [1.82, 2.24) is 4.90 Å². The molecule has 1 amide bonds. The van der Waals surface area contributed by atoms with Crippen LogP contribution in [0.25, 0.3) is 0 Å². The molecule has 2 aliphatic rings. The van der Waals surface area contributed by atoms with Crippen LogP contribution in [0.4, 0.5) is 4.79 Å². The quantitative estimate of drug-likeness (QED) is 0.859. The number of likely N-dealkylation sites (tertiary alicyclic amines) is 1. The van der Waals surface area contributed by atoms with Gasteiger partial charge < -0.3 is 14.2 Å². The molecular formula is C18H25NO4. The fraction of sp³-hybridized carbons (Fsp3) is 0.611. The minimum atomic E-state index is -0.491. The monoisotopic (exact) mass is 319 g/mol. The highest BCUT2D eigenvalue weighted by Gasteiger charge is 2.49. The molecule has 0 radical (unpaired) electrons. The molecule has 3 atom stereocenters. The van der Waals surface area contributed by atoms with Gasteiger partial charge in [-0.05, 0) is 32.8 Å². The first-order chi connectivity index (χ1) is 10.9. The van der Waals surface area contributed by atoms with Crippen molar-refractivity contribution in [3.05, 3.63) is 35.9 Å². The zero-order valence-corrected chi connectivity index (χ0v) is 14.0. The summed E-state index contributed by atoms with van der Waals surface area (Å²) in [6, 6.07) is 10.1. The van der Waals surface area contributed by atoms with Gasteiger partial charge in [-0.15, -0.1) is 0 Å². The fourth-order valence-corrected chi connectivity index (χ4v) is 3.18. The molecule has 0 spiro atoms. The molecule has 0 saturated carbocycles. The molecule has 2 fully saturated rings. The molecule has 0 aliphatic carbocycles. The van der Waals surface area contributed by atoms with Gasteiger partial charge in [-0.3, -0.25) is 4.90 Å². The van der Waals surface area contributed by atoms with E-state index in [1.807, 2.05) is 51.1 Å². The summed E-state index contributed by atoms with van der Waals surface area (Å²) in [5.74, 6) is 0. The Kier molecular flexibility index (Phi) is 4.60. The van der Waals surface area contributed by atoms with Gasteiger partial charge in [0.05, 0.1) is 19.2 Å². The lowest BCUT2D eigenvalue weighted by Crippen LogP contribution is -2.41. The van der Waals surface area contributed by atoms with Crippen molar-refractivity contribution in [3.8, 4) is 0 Å². The Bertz CT molecular complexity index is 540. The standard InChI is InChI=1S/C18H25NO4/c1-18(2,3)23-17(20)19-11-15(16-14(19)9-10-21-16)22-12-13-7-5-4-6-8-13/h4-8,14-16H,9-12H2,1-3H3/t14-,15-,16?/m1/s1. The van der Waals surface area contributed by atoms with Gasteiger partial charge in [0.1, 0.15) is 17.8 Å². The summed E-state index contributed by atoms with van der Waals surface area (Å²) >= 11 is 0. The van der Waals surface area contributed by atoms with E-state index in [1.165, 1.54) is 0 Å². The number of nitrogens with zero attached hydrogens (tertiary/aromatic N) is 1. The molecule has 0 N–H and O–H groups in total.